The highest BCUT2D eigenvalue weighted by Gasteiger charge is 2.36. The van der Waals surface area contributed by atoms with Gasteiger partial charge in [0.05, 0.1) is 11.1 Å². The van der Waals surface area contributed by atoms with Gasteiger partial charge < -0.3 is 9.47 Å². The van der Waals surface area contributed by atoms with Gasteiger partial charge in [0.2, 0.25) is 0 Å². The van der Waals surface area contributed by atoms with Crippen molar-refractivity contribution in [3.8, 4) is 5.75 Å². The predicted molar refractivity (Wildman–Crippen MR) is 120 cm³/mol. The summed E-state index contributed by atoms with van der Waals surface area (Å²) >= 11 is 0. The van der Waals surface area contributed by atoms with Crippen molar-refractivity contribution in [2.24, 2.45) is 17.8 Å². The molecule has 0 radical (unpaired) electrons. The molecule has 5 heteroatoms. The van der Waals surface area contributed by atoms with Gasteiger partial charge in [-0.1, -0.05) is 38.3 Å². The van der Waals surface area contributed by atoms with Crippen LogP contribution in [-0.4, -0.2) is 18.0 Å². The fourth-order valence-corrected chi connectivity index (χ4v) is 5.39. The van der Waals surface area contributed by atoms with Crippen molar-refractivity contribution in [3.05, 3.63) is 65.5 Å². The molecule has 4 unspecified atom stereocenters. The Bertz CT molecular complexity index is 939. The zero-order chi connectivity index (χ0) is 22.5. The Morgan fingerprint density at radius 2 is 1.62 bits per heavy atom. The van der Waals surface area contributed by atoms with Crippen molar-refractivity contribution in [2.75, 3.05) is 0 Å². The monoisotopic (exact) mass is 438 g/mol. The summed E-state index contributed by atoms with van der Waals surface area (Å²) in [5.41, 5.74) is 0.291. The average Bonchev–Trinajstić information content (AvgIpc) is 2.80. The van der Waals surface area contributed by atoms with Crippen LogP contribution in [0.5, 0.6) is 5.75 Å². The summed E-state index contributed by atoms with van der Waals surface area (Å²) in [6.07, 6.45) is 9.53. The summed E-state index contributed by atoms with van der Waals surface area (Å²) in [5.74, 6) is 0.842. The van der Waals surface area contributed by atoms with Crippen LogP contribution in [0.15, 0.2) is 48.5 Å². The number of rotatable bonds is 6. The summed E-state index contributed by atoms with van der Waals surface area (Å²) in [6, 6.07) is 11.9. The predicted octanol–water partition coefficient (Wildman–Crippen LogP) is 6.59. The second-order valence-corrected chi connectivity index (χ2v) is 9.22. The van der Waals surface area contributed by atoms with E-state index in [1.165, 1.54) is 62.4 Å². The summed E-state index contributed by atoms with van der Waals surface area (Å²) < 4.78 is 24.8. The quantitative estimate of drug-likeness (QED) is 0.377. The van der Waals surface area contributed by atoms with E-state index in [1.807, 2.05) is 0 Å². The van der Waals surface area contributed by atoms with Gasteiger partial charge >= 0.3 is 11.9 Å². The number of hydrogen-bond donors (Lipinski definition) is 0. The van der Waals surface area contributed by atoms with Crippen molar-refractivity contribution in [2.45, 2.75) is 64.4 Å². The van der Waals surface area contributed by atoms with Gasteiger partial charge in [-0.15, -0.1) is 0 Å². The molecule has 0 aliphatic heterocycles. The van der Waals surface area contributed by atoms with E-state index in [9.17, 15) is 14.0 Å². The minimum absolute atomic E-state index is 0.0231. The number of halogens is 1. The Balaban J connectivity index is 1.29. The molecule has 0 bridgehead atoms. The van der Waals surface area contributed by atoms with Crippen LogP contribution in [0.1, 0.15) is 79.0 Å². The molecule has 0 N–H and O–H groups in total. The smallest absolute Gasteiger partial charge is 0.346 e. The van der Waals surface area contributed by atoms with Crippen molar-refractivity contribution < 1.29 is 23.5 Å². The summed E-state index contributed by atoms with van der Waals surface area (Å²) in [7, 11) is 0. The van der Waals surface area contributed by atoms with Gasteiger partial charge in [0.1, 0.15) is 17.7 Å². The highest BCUT2D eigenvalue weighted by Crippen LogP contribution is 2.44. The third-order valence-electron chi connectivity index (χ3n) is 7.04. The van der Waals surface area contributed by atoms with Gasteiger partial charge in [-0.2, -0.15) is 0 Å². The van der Waals surface area contributed by atoms with Crippen LogP contribution in [-0.2, 0) is 4.74 Å². The molecular formula is C27H31FO4. The van der Waals surface area contributed by atoms with E-state index in [0.717, 1.165) is 31.1 Å². The molecule has 4 atom stereocenters. The molecule has 2 fully saturated rings. The number of benzene rings is 2. The van der Waals surface area contributed by atoms with E-state index >= 15 is 0 Å². The van der Waals surface area contributed by atoms with Gasteiger partial charge in [0.15, 0.2) is 0 Å². The first-order chi connectivity index (χ1) is 15.5. The molecule has 32 heavy (non-hydrogen) atoms. The standard InChI is InChI=1S/C27H31FO4/c1-2-5-18-8-9-21-17-23(15-12-20(21)16-18)32-26(29)19-10-13-22(14-11-19)31-27(30)24-6-3-4-7-25(24)28/h3-4,6-7,10-11,13-14,18,20-21,23H,2,5,8-9,12,15-17H2,1H3. The van der Waals surface area contributed by atoms with Crippen LogP contribution >= 0.6 is 0 Å². The number of ether oxygens (including phenoxy) is 2. The second kappa shape index (κ2) is 10.3. The third-order valence-corrected chi connectivity index (χ3v) is 7.04. The lowest BCUT2D eigenvalue weighted by Gasteiger charge is -2.41. The van der Waals surface area contributed by atoms with Gasteiger partial charge in [0, 0.05) is 0 Å². The van der Waals surface area contributed by atoms with Crippen molar-refractivity contribution >= 4 is 11.9 Å². The fraction of sp³-hybridized carbons (Fsp3) is 0.481. The van der Waals surface area contributed by atoms with Gasteiger partial charge in [-0.3, -0.25) is 0 Å². The van der Waals surface area contributed by atoms with Crippen LogP contribution < -0.4 is 4.74 Å². The molecule has 2 aromatic carbocycles. The van der Waals surface area contributed by atoms with Gasteiger partial charge in [-0.25, -0.2) is 14.0 Å². The maximum Gasteiger partial charge on any atom is 0.346 e. The van der Waals surface area contributed by atoms with Gasteiger partial charge in [-0.05, 0) is 86.3 Å². The maximum atomic E-state index is 13.7. The van der Waals surface area contributed by atoms with Crippen molar-refractivity contribution in [1.82, 2.24) is 0 Å². The highest BCUT2D eigenvalue weighted by molar-refractivity contribution is 5.92. The minimum Gasteiger partial charge on any atom is -0.459 e. The van der Waals surface area contributed by atoms with Crippen molar-refractivity contribution in [3.63, 3.8) is 0 Å². The summed E-state index contributed by atoms with van der Waals surface area (Å²) in [6.45, 7) is 2.27. The largest absolute Gasteiger partial charge is 0.459 e. The zero-order valence-corrected chi connectivity index (χ0v) is 18.6. The Hall–Kier alpha value is -2.69. The molecule has 0 saturated heterocycles. The number of hydrogen-bond acceptors (Lipinski definition) is 4. The number of carbonyl (C=O) groups is 2. The van der Waals surface area contributed by atoms with Crippen LogP contribution in [0.25, 0.3) is 0 Å². The Kier molecular flexibility index (Phi) is 7.23. The normalized spacial score (nSPS) is 24.9. The van der Waals surface area contributed by atoms with Gasteiger partial charge in [0.25, 0.3) is 0 Å². The van der Waals surface area contributed by atoms with E-state index in [4.69, 9.17) is 9.47 Å². The van der Waals surface area contributed by atoms with E-state index in [-0.39, 0.29) is 23.4 Å². The molecule has 4 nitrogen and oxygen atoms in total. The average molecular weight is 439 g/mol. The first-order valence-corrected chi connectivity index (χ1v) is 11.8. The number of carbonyl (C=O) groups excluding carboxylic acids is 2. The summed E-state index contributed by atoms with van der Waals surface area (Å²) in [4.78, 5) is 24.8. The third kappa shape index (κ3) is 5.37. The molecule has 2 aliphatic rings. The molecule has 0 amide bonds. The Morgan fingerprint density at radius 3 is 2.38 bits per heavy atom. The highest BCUT2D eigenvalue weighted by atomic mass is 19.1. The molecule has 2 aromatic rings. The molecule has 0 aromatic heterocycles. The second-order valence-electron chi connectivity index (χ2n) is 9.22. The van der Waals surface area contributed by atoms with Crippen LogP contribution in [0.2, 0.25) is 0 Å². The molecule has 2 aliphatic carbocycles. The first-order valence-electron chi connectivity index (χ1n) is 11.8. The van der Waals surface area contributed by atoms with Crippen molar-refractivity contribution in [1.29, 1.82) is 0 Å². The topological polar surface area (TPSA) is 52.6 Å². The lowest BCUT2D eigenvalue weighted by Crippen LogP contribution is -2.35. The lowest BCUT2D eigenvalue weighted by atomic mass is 9.66. The number of fused-ring (bicyclic) bond motifs is 1. The SMILES string of the molecule is CCCC1CCC2CC(OC(=O)c3ccc(OC(=O)c4ccccc4F)cc3)CCC2C1. The minimum atomic E-state index is -0.774. The molecule has 4 rings (SSSR count). The molecule has 170 valence electrons. The molecule has 2 saturated carbocycles. The van der Waals surface area contributed by atoms with Crippen LogP contribution in [0, 0.1) is 23.6 Å². The van der Waals surface area contributed by atoms with E-state index in [2.05, 4.69) is 6.92 Å². The van der Waals surface area contributed by atoms with E-state index in [1.54, 1.807) is 18.2 Å². The summed E-state index contributed by atoms with van der Waals surface area (Å²) in [5, 5.41) is 0. The molecule has 0 heterocycles. The first kappa shape index (κ1) is 22.5. The maximum absolute atomic E-state index is 13.7. The lowest BCUT2D eigenvalue weighted by molar-refractivity contribution is -0.00620. The van der Waals surface area contributed by atoms with Crippen LogP contribution in [0.3, 0.4) is 0 Å². The Labute approximate surface area is 189 Å². The van der Waals surface area contributed by atoms with E-state index in [0.29, 0.717) is 11.5 Å². The molecule has 0 spiro atoms. The van der Waals surface area contributed by atoms with E-state index < -0.39 is 11.8 Å². The zero-order valence-electron chi connectivity index (χ0n) is 18.6. The fourth-order valence-electron chi connectivity index (χ4n) is 5.39. The Morgan fingerprint density at radius 1 is 0.906 bits per heavy atom. The van der Waals surface area contributed by atoms with Crippen LogP contribution in [0.4, 0.5) is 4.39 Å². The number of esters is 2. The molecular weight excluding hydrogens is 407 g/mol.